The SMILES string of the molecule is Cc1nnc2ccc(OCCNS(=O)(=O)c3cc(F)ccc3F)nn12. The van der Waals surface area contributed by atoms with E-state index in [-0.39, 0.29) is 19.0 Å². The molecule has 0 spiro atoms. The van der Waals surface area contributed by atoms with Crippen molar-refractivity contribution < 1.29 is 21.9 Å². The number of rotatable bonds is 6. The lowest BCUT2D eigenvalue weighted by atomic mass is 10.3. The Morgan fingerprint density at radius 2 is 2.00 bits per heavy atom. The molecule has 3 aromatic rings. The topological polar surface area (TPSA) is 98.5 Å². The fourth-order valence-electron chi connectivity index (χ4n) is 2.05. The number of aryl methyl sites for hydroxylation is 1. The van der Waals surface area contributed by atoms with Crippen LogP contribution in [0.5, 0.6) is 5.88 Å². The van der Waals surface area contributed by atoms with Gasteiger partial charge < -0.3 is 4.74 Å². The second kappa shape index (κ2) is 6.69. The van der Waals surface area contributed by atoms with Crippen LogP contribution in [0.2, 0.25) is 0 Å². The normalized spacial score (nSPS) is 11.8. The van der Waals surface area contributed by atoms with Crippen molar-refractivity contribution in [2.45, 2.75) is 11.8 Å². The molecule has 0 aliphatic rings. The second-order valence-corrected chi connectivity index (χ2v) is 6.75. The van der Waals surface area contributed by atoms with Crippen LogP contribution in [0.4, 0.5) is 8.78 Å². The zero-order valence-electron chi connectivity index (χ0n) is 13.0. The van der Waals surface area contributed by atoms with Crippen molar-refractivity contribution in [3.05, 3.63) is 47.8 Å². The van der Waals surface area contributed by atoms with Gasteiger partial charge in [0.2, 0.25) is 15.9 Å². The molecule has 1 aromatic carbocycles. The molecule has 0 saturated heterocycles. The molecule has 0 radical (unpaired) electrons. The first-order valence-corrected chi connectivity index (χ1v) is 8.62. The van der Waals surface area contributed by atoms with Crippen LogP contribution in [0, 0.1) is 18.6 Å². The standard InChI is InChI=1S/C14H13F2N5O3S/c1-9-18-19-13-4-5-14(20-21(9)13)24-7-6-17-25(22,23)12-8-10(15)2-3-11(12)16/h2-5,8,17H,6-7H2,1H3. The molecule has 132 valence electrons. The summed E-state index contributed by atoms with van der Waals surface area (Å²) in [5, 5.41) is 11.9. The molecule has 2 aromatic heterocycles. The summed E-state index contributed by atoms with van der Waals surface area (Å²) in [6, 6.07) is 5.41. The van der Waals surface area contributed by atoms with Crippen LogP contribution in [0.15, 0.2) is 35.2 Å². The summed E-state index contributed by atoms with van der Waals surface area (Å²) in [6.07, 6.45) is 0. The molecule has 0 aliphatic heterocycles. The lowest BCUT2D eigenvalue weighted by molar-refractivity contribution is 0.305. The van der Waals surface area contributed by atoms with E-state index in [0.717, 1.165) is 12.1 Å². The van der Waals surface area contributed by atoms with Crippen molar-refractivity contribution in [2.75, 3.05) is 13.2 Å². The number of hydrogen-bond donors (Lipinski definition) is 1. The van der Waals surface area contributed by atoms with E-state index < -0.39 is 26.6 Å². The third-order valence-corrected chi connectivity index (χ3v) is 4.70. The van der Waals surface area contributed by atoms with E-state index in [2.05, 4.69) is 20.0 Å². The molecule has 0 amide bonds. The van der Waals surface area contributed by atoms with Crippen molar-refractivity contribution in [1.29, 1.82) is 0 Å². The minimum atomic E-state index is -4.19. The van der Waals surface area contributed by atoms with Crippen LogP contribution in [-0.2, 0) is 10.0 Å². The van der Waals surface area contributed by atoms with Crippen LogP contribution in [-0.4, -0.2) is 41.4 Å². The smallest absolute Gasteiger partial charge is 0.243 e. The number of halogens is 2. The van der Waals surface area contributed by atoms with Gasteiger partial charge in [-0.15, -0.1) is 15.3 Å². The molecule has 0 aliphatic carbocycles. The third kappa shape index (κ3) is 3.72. The Labute approximate surface area is 141 Å². The number of nitrogens with zero attached hydrogens (tertiary/aromatic N) is 4. The molecular formula is C14H13F2N5O3S. The van der Waals surface area contributed by atoms with Crippen LogP contribution in [0.3, 0.4) is 0 Å². The maximum atomic E-state index is 13.6. The van der Waals surface area contributed by atoms with Gasteiger partial charge in [-0.2, -0.15) is 4.52 Å². The quantitative estimate of drug-likeness (QED) is 0.653. The second-order valence-electron chi connectivity index (χ2n) is 5.01. The van der Waals surface area contributed by atoms with Gasteiger partial charge in [0.15, 0.2) is 11.5 Å². The van der Waals surface area contributed by atoms with Crippen molar-refractivity contribution in [2.24, 2.45) is 0 Å². The van der Waals surface area contributed by atoms with E-state index in [1.165, 1.54) is 4.52 Å². The Balaban J connectivity index is 1.62. The van der Waals surface area contributed by atoms with Crippen molar-refractivity contribution in [1.82, 2.24) is 24.5 Å². The van der Waals surface area contributed by atoms with Gasteiger partial charge in [0.1, 0.15) is 23.1 Å². The summed E-state index contributed by atoms with van der Waals surface area (Å²) in [5.74, 6) is -1.07. The number of sulfonamides is 1. The molecule has 3 rings (SSSR count). The van der Waals surface area contributed by atoms with Crippen molar-refractivity contribution in [3.63, 3.8) is 0 Å². The van der Waals surface area contributed by atoms with Gasteiger partial charge in [0.05, 0.1) is 0 Å². The molecular weight excluding hydrogens is 356 g/mol. The number of aromatic nitrogens is 4. The van der Waals surface area contributed by atoms with Crippen LogP contribution in [0.1, 0.15) is 5.82 Å². The maximum Gasteiger partial charge on any atom is 0.243 e. The molecule has 1 N–H and O–H groups in total. The lowest BCUT2D eigenvalue weighted by Crippen LogP contribution is -2.29. The summed E-state index contributed by atoms with van der Waals surface area (Å²) in [7, 11) is -4.19. The number of fused-ring (bicyclic) bond motifs is 1. The van der Waals surface area contributed by atoms with Crippen molar-refractivity contribution in [3.8, 4) is 5.88 Å². The molecule has 0 bridgehead atoms. The first-order valence-electron chi connectivity index (χ1n) is 7.13. The lowest BCUT2D eigenvalue weighted by Gasteiger charge is -2.09. The molecule has 0 saturated carbocycles. The monoisotopic (exact) mass is 369 g/mol. The van der Waals surface area contributed by atoms with E-state index in [4.69, 9.17) is 4.74 Å². The number of hydrogen-bond acceptors (Lipinski definition) is 6. The summed E-state index contributed by atoms with van der Waals surface area (Å²) in [4.78, 5) is -0.757. The zero-order valence-corrected chi connectivity index (χ0v) is 13.8. The van der Waals surface area contributed by atoms with E-state index in [1.54, 1.807) is 19.1 Å². The zero-order chi connectivity index (χ0) is 18.0. The Hall–Kier alpha value is -2.66. The maximum absolute atomic E-state index is 13.6. The van der Waals surface area contributed by atoms with Gasteiger partial charge in [-0.3, -0.25) is 0 Å². The number of nitrogens with one attached hydrogen (secondary N) is 1. The summed E-state index contributed by atoms with van der Waals surface area (Å²) < 4.78 is 59.6. The van der Waals surface area contributed by atoms with Gasteiger partial charge in [0.25, 0.3) is 0 Å². The minimum absolute atomic E-state index is 0.0597. The van der Waals surface area contributed by atoms with E-state index >= 15 is 0 Å². The van der Waals surface area contributed by atoms with Crippen molar-refractivity contribution >= 4 is 15.7 Å². The fourth-order valence-corrected chi connectivity index (χ4v) is 3.15. The highest BCUT2D eigenvalue weighted by Gasteiger charge is 2.19. The third-order valence-electron chi connectivity index (χ3n) is 3.22. The minimum Gasteiger partial charge on any atom is -0.475 e. The highest BCUT2D eigenvalue weighted by molar-refractivity contribution is 7.89. The Bertz CT molecular complexity index is 1020. The van der Waals surface area contributed by atoms with Gasteiger partial charge in [-0.1, -0.05) is 0 Å². The first-order chi connectivity index (χ1) is 11.9. The van der Waals surface area contributed by atoms with Gasteiger partial charge >= 0.3 is 0 Å². The highest BCUT2D eigenvalue weighted by atomic mass is 32.2. The predicted molar refractivity (Wildman–Crippen MR) is 82.6 cm³/mol. The summed E-state index contributed by atoms with van der Waals surface area (Å²) in [5.41, 5.74) is 0.548. The Morgan fingerprint density at radius 3 is 2.80 bits per heavy atom. The average Bonchev–Trinajstić information content (AvgIpc) is 2.95. The fraction of sp³-hybridized carbons (Fsp3) is 0.214. The van der Waals surface area contributed by atoms with Gasteiger partial charge in [0, 0.05) is 12.6 Å². The van der Waals surface area contributed by atoms with Gasteiger partial charge in [-0.05, 0) is 31.2 Å². The molecule has 2 heterocycles. The largest absolute Gasteiger partial charge is 0.475 e. The Morgan fingerprint density at radius 1 is 1.20 bits per heavy atom. The molecule has 25 heavy (non-hydrogen) atoms. The number of benzene rings is 1. The molecule has 11 heteroatoms. The highest BCUT2D eigenvalue weighted by Crippen LogP contribution is 2.15. The van der Waals surface area contributed by atoms with E-state index in [9.17, 15) is 17.2 Å². The molecule has 0 atom stereocenters. The Kier molecular flexibility index (Phi) is 4.59. The average molecular weight is 369 g/mol. The molecule has 8 nitrogen and oxygen atoms in total. The van der Waals surface area contributed by atoms with E-state index in [0.29, 0.717) is 17.5 Å². The summed E-state index contributed by atoms with van der Waals surface area (Å²) in [6.45, 7) is 1.51. The van der Waals surface area contributed by atoms with Gasteiger partial charge in [-0.25, -0.2) is 21.9 Å². The first kappa shape index (κ1) is 17.2. The predicted octanol–water partition coefficient (Wildman–Crippen LogP) is 1.07. The van der Waals surface area contributed by atoms with Crippen LogP contribution >= 0.6 is 0 Å². The van der Waals surface area contributed by atoms with Crippen LogP contribution < -0.4 is 9.46 Å². The summed E-state index contributed by atoms with van der Waals surface area (Å²) >= 11 is 0. The number of ether oxygens (including phenoxy) is 1. The van der Waals surface area contributed by atoms with Crippen LogP contribution in [0.25, 0.3) is 5.65 Å². The van der Waals surface area contributed by atoms with E-state index in [1.807, 2.05) is 0 Å². The molecule has 0 unspecified atom stereocenters. The molecule has 0 fully saturated rings.